The lowest BCUT2D eigenvalue weighted by atomic mass is 9.92. The Morgan fingerprint density at radius 3 is 2.92 bits per heavy atom. The van der Waals surface area contributed by atoms with Gasteiger partial charge in [-0.3, -0.25) is 9.48 Å². The number of aryl methyl sites for hydroxylation is 1. The van der Waals surface area contributed by atoms with Gasteiger partial charge in [0, 0.05) is 39.6 Å². The van der Waals surface area contributed by atoms with Crippen molar-refractivity contribution < 1.29 is 9.90 Å². The maximum atomic E-state index is 12.4. The molecule has 7 nitrogen and oxygen atoms in total. The summed E-state index contributed by atoms with van der Waals surface area (Å²) in [5.41, 5.74) is -0.560. The van der Waals surface area contributed by atoms with Crippen LogP contribution in [0.3, 0.4) is 0 Å². The van der Waals surface area contributed by atoms with E-state index in [4.69, 9.17) is 0 Å². The van der Waals surface area contributed by atoms with Crippen molar-refractivity contribution in [3.8, 4) is 0 Å². The van der Waals surface area contributed by atoms with Crippen LogP contribution >= 0.6 is 0 Å². The molecule has 0 aliphatic carbocycles. The Morgan fingerprint density at radius 2 is 2.25 bits per heavy atom. The Bertz CT molecular complexity index is 702. The molecule has 0 saturated carbocycles. The summed E-state index contributed by atoms with van der Waals surface area (Å²) in [7, 11) is 3.48. The second-order valence-corrected chi connectivity index (χ2v) is 6.47. The zero-order valence-electron chi connectivity index (χ0n) is 14.1. The van der Waals surface area contributed by atoms with Gasteiger partial charge < -0.3 is 14.9 Å². The monoisotopic (exact) mass is 329 g/mol. The quantitative estimate of drug-likeness (QED) is 0.903. The van der Waals surface area contributed by atoms with Crippen molar-refractivity contribution in [1.29, 1.82) is 0 Å². The van der Waals surface area contributed by atoms with Crippen LogP contribution in [0.2, 0.25) is 0 Å². The van der Waals surface area contributed by atoms with Crippen LogP contribution in [0, 0.1) is 0 Å². The molecule has 2 aromatic heterocycles. The average Bonchev–Trinajstić information content (AvgIpc) is 3.01. The maximum Gasteiger partial charge on any atom is 0.274 e. The van der Waals surface area contributed by atoms with E-state index in [1.165, 1.54) is 0 Å². The van der Waals surface area contributed by atoms with Gasteiger partial charge in [-0.2, -0.15) is 5.10 Å². The SMILES string of the molecule is CN(CC1(O)CCCN(c2ccccn2)C1)C(=O)c1ccn(C)n1. The van der Waals surface area contributed by atoms with Crippen LogP contribution in [-0.4, -0.2) is 63.0 Å². The minimum Gasteiger partial charge on any atom is -0.386 e. The van der Waals surface area contributed by atoms with Gasteiger partial charge in [-0.15, -0.1) is 0 Å². The van der Waals surface area contributed by atoms with Crippen molar-refractivity contribution in [3.05, 3.63) is 42.4 Å². The van der Waals surface area contributed by atoms with Crippen molar-refractivity contribution in [2.45, 2.75) is 18.4 Å². The standard InChI is InChI=1S/C17H23N5O2/c1-20(16(23)14-7-11-21(2)19-14)12-17(24)8-5-10-22(13-17)15-6-3-4-9-18-15/h3-4,6-7,9,11,24H,5,8,10,12-13H2,1-2H3. The van der Waals surface area contributed by atoms with E-state index in [0.29, 0.717) is 18.7 Å². The van der Waals surface area contributed by atoms with Gasteiger partial charge >= 0.3 is 0 Å². The normalized spacial score (nSPS) is 20.9. The molecule has 128 valence electrons. The molecule has 1 fully saturated rings. The molecular formula is C17H23N5O2. The number of aromatic nitrogens is 3. The van der Waals surface area contributed by atoms with Crippen LogP contribution in [0.5, 0.6) is 0 Å². The molecule has 0 aromatic carbocycles. The van der Waals surface area contributed by atoms with Gasteiger partial charge in [-0.05, 0) is 31.0 Å². The number of β-amino-alcohol motifs (C(OH)–C–C–N with tert-alkyl or cyclic N) is 1. The fourth-order valence-electron chi connectivity index (χ4n) is 3.22. The molecule has 1 amide bonds. The molecular weight excluding hydrogens is 306 g/mol. The van der Waals surface area contributed by atoms with E-state index in [1.54, 1.807) is 42.1 Å². The third kappa shape index (κ3) is 3.56. The van der Waals surface area contributed by atoms with Gasteiger partial charge in [0.2, 0.25) is 0 Å². The Morgan fingerprint density at radius 1 is 1.42 bits per heavy atom. The number of amides is 1. The molecule has 1 aliphatic rings. The minimum atomic E-state index is -0.949. The van der Waals surface area contributed by atoms with Gasteiger partial charge in [0.05, 0.1) is 12.1 Å². The number of nitrogens with zero attached hydrogens (tertiary/aromatic N) is 5. The largest absolute Gasteiger partial charge is 0.386 e. The number of carbonyl (C=O) groups excluding carboxylic acids is 1. The highest BCUT2D eigenvalue weighted by Crippen LogP contribution is 2.25. The molecule has 1 N–H and O–H groups in total. The van der Waals surface area contributed by atoms with Gasteiger partial charge in [-0.25, -0.2) is 4.98 Å². The Labute approximate surface area is 141 Å². The zero-order valence-corrected chi connectivity index (χ0v) is 14.1. The van der Waals surface area contributed by atoms with E-state index in [0.717, 1.165) is 18.8 Å². The van der Waals surface area contributed by atoms with E-state index in [2.05, 4.69) is 15.0 Å². The van der Waals surface area contributed by atoms with E-state index < -0.39 is 5.60 Å². The van der Waals surface area contributed by atoms with Crippen LogP contribution in [0.1, 0.15) is 23.3 Å². The van der Waals surface area contributed by atoms with Gasteiger partial charge in [0.25, 0.3) is 5.91 Å². The summed E-state index contributed by atoms with van der Waals surface area (Å²) < 4.78 is 1.60. The van der Waals surface area contributed by atoms with Gasteiger partial charge in [-0.1, -0.05) is 6.07 Å². The molecule has 1 atom stereocenters. The molecule has 1 unspecified atom stereocenters. The summed E-state index contributed by atoms with van der Waals surface area (Å²) in [6.45, 7) is 1.59. The Kier molecular flexibility index (Phi) is 4.53. The number of rotatable bonds is 4. The number of carbonyl (C=O) groups is 1. The number of anilines is 1. The summed E-state index contributed by atoms with van der Waals surface area (Å²) in [5.74, 6) is 0.674. The van der Waals surface area contributed by atoms with Crippen LogP contribution in [0.4, 0.5) is 5.82 Å². The first kappa shape index (κ1) is 16.4. The van der Waals surface area contributed by atoms with E-state index >= 15 is 0 Å². The summed E-state index contributed by atoms with van der Waals surface area (Å²) >= 11 is 0. The highest BCUT2D eigenvalue weighted by Gasteiger charge is 2.36. The molecule has 0 radical (unpaired) electrons. The van der Waals surface area contributed by atoms with E-state index in [1.807, 2.05) is 18.2 Å². The first-order chi connectivity index (χ1) is 11.5. The summed E-state index contributed by atoms with van der Waals surface area (Å²) in [6, 6.07) is 7.43. The first-order valence-corrected chi connectivity index (χ1v) is 8.10. The fraction of sp³-hybridized carbons (Fsp3) is 0.471. The molecule has 3 rings (SSSR count). The lowest BCUT2D eigenvalue weighted by Crippen LogP contribution is -2.54. The Balaban J connectivity index is 1.67. The second kappa shape index (κ2) is 6.60. The highest BCUT2D eigenvalue weighted by atomic mass is 16.3. The predicted octanol–water partition coefficient (Wildman–Crippen LogP) is 0.919. The van der Waals surface area contributed by atoms with Crippen LogP contribution < -0.4 is 4.90 Å². The smallest absolute Gasteiger partial charge is 0.274 e. The number of piperidine rings is 1. The summed E-state index contributed by atoms with van der Waals surface area (Å²) in [6.07, 6.45) is 5.01. The van der Waals surface area contributed by atoms with Gasteiger partial charge in [0.15, 0.2) is 0 Å². The number of hydrogen-bond acceptors (Lipinski definition) is 5. The van der Waals surface area contributed by atoms with Crippen molar-refractivity contribution in [2.75, 3.05) is 31.6 Å². The predicted molar refractivity (Wildman–Crippen MR) is 90.8 cm³/mol. The molecule has 7 heteroatoms. The van der Waals surface area contributed by atoms with Crippen LogP contribution in [-0.2, 0) is 7.05 Å². The second-order valence-electron chi connectivity index (χ2n) is 6.47. The maximum absolute atomic E-state index is 12.4. The number of hydrogen-bond donors (Lipinski definition) is 1. The van der Waals surface area contributed by atoms with Crippen LogP contribution in [0.25, 0.3) is 0 Å². The minimum absolute atomic E-state index is 0.181. The summed E-state index contributed by atoms with van der Waals surface area (Å²) in [4.78, 5) is 20.4. The van der Waals surface area contributed by atoms with Gasteiger partial charge in [0.1, 0.15) is 11.5 Å². The number of pyridine rings is 1. The third-order valence-corrected chi connectivity index (χ3v) is 4.34. The highest BCUT2D eigenvalue weighted by molar-refractivity contribution is 5.92. The molecule has 0 bridgehead atoms. The van der Waals surface area contributed by atoms with E-state index in [-0.39, 0.29) is 12.5 Å². The topological polar surface area (TPSA) is 74.5 Å². The molecule has 24 heavy (non-hydrogen) atoms. The van der Waals surface area contributed by atoms with Crippen molar-refractivity contribution >= 4 is 11.7 Å². The van der Waals surface area contributed by atoms with Crippen molar-refractivity contribution in [3.63, 3.8) is 0 Å². The van der Waals surface area contributed by atoms with Crippen LogP contribution in [0.15, 0.2) is 36.7 Å². The first-order valence-electron chi connectivity index (χ1n) is 8.10. The number of aliphatic hydroxyl groups is 1. The average molecular weight is 329 g/mol. The molecule has 1 saturated heterocycles. The lowest BCUT2D eigenvalue weighted by Gasteiger charge is -2.41. The van der Waals surface area contributed by atoms with Crippen molar-refractivity contribution in [1.82, 2.24) is 19.7 Å². The molecule has 3 heterocycles. The molecule has 1 aliphatic heterocycles. The lowest BCUT2D eigenvalue weighted by molar-refractivity contribution is -0.000292. The third-order valence-electron chi connectivity index (χ3n) is 4.34. The number of likely N-dealkylation sites (N-methyl/N-ethyl adjacent to an activating group) is 1. The van der Waals surface area contributed by atoms with E-state index in [9.17, 15) is 9.90 Å². The summed E-state index contributed by atoms with van der Waals surface area (Å²) in [5, 5.41) is 15.1. The zero-order chi connectivity index (χ0) is 17.2. The Hall–Kier alpha value is -2.41. The fourth-order valence-corrected chi connectivity index (χ4v) is 3.22. The molecule has 2 aromatic rings. The van der Waals surface area contributed by atoms with Crippen molar-refractivity contribution in [2.24, 2.45) is 7.05 Å². The molecule has 0 spiro atoms.